The van der Waals surface area contributed by atoms with Crippen molar-refractivity contribution in [2.75, 3.05) is 24.3 Å². The van der Waals surface area contributed by atoms with E-state index in [9.17, 15) is 4.79 Å². The van der Waals surface area contributed by atoms with Gasteiger partial charge in [0.1, 0.15) is 0 Å². The molecular weight excluding hydrogens is 286 g/mol. The highest BCUT2D eigenvalue weighted by Crippen LogP contribution is 2.21. The molecule has 1 aromatic rings. The number of benzene rings is 1. The Morgan fingerprint density at radius 1 is 1.30 bits per heavy atom. The summed E-state index contributed by atoms with van der Waals surface area (Å²) in [6.45, 7) is 0. The summed E-state index contributed by atoms with van der Waals surface area (Å²) >= 11 is 3.85. The van der Waals surface area contributed by atoms with E-state index in [1.807, 2.05) is 41.5 Å². The normalized spacial score (nSPS) is 16.1. The zero-order valence-electron chi connectivity index (χ0n) is 12.1. The Balaban J connectivity index is 1.64. The summed E-state index contributed by atoms with van der Waals surface area (Å²) in [4.78, 5) is 14.1. The van der Waals surface area contributed by atoms with E-state index in [1.54, 1.807) is 0 Å². The molecule has 2 rings (SSSR count). The summed E-state index contributed by atoms with van der Waals surface area (Å²) in [5.74, 6) is 4.62. The van der Waals surface area contributed by atoms with Crippen molar-refractivity contribution in [3.63, 3.8) is 0 Å². The average Bonchev–Trinajstić information content (AvgIpc) is 2.52. The minimum absolute atomic E-state index is 0.308. The molecule has 2 nitrogen and oxygen atoms in total. The van der Waals surface area contributed by atoms with Crippen LogP contribution in [0.25, 0.3) is 0 Å². The molecule has 0 unspecified atom stereocenters. The minimum atomic E-state index is 0.308. The second kappa shape index (κ2) is 8.63. The number of hydrogen-bond acceptors (Lipinski definition) is 3. The fraction of sp³-hybridized carbons (Fsp3) is 0.562. The SMILES string of the molecule is CN(C(=O)CCSCc1ccccc1)C1CCSCC1. The van der Waals surface area contributed by atoms with Crippen molar-refractivity contribution in [1.29, 1.82) is 0 Å². The summed E-state index contributed by atoms with van der Waals surface area (Å²) in [6, 6.07) is 10.9. The standard InChI is InChI=1S/C16H23NOS2/c1-17(15-7-10-19-11-8-15)16(18)9-12-20-13-14-5-3-2-4-6-14/h2-6,15H,7-13H2,1H3. The summed E-state index contributed by atoms with van der Waals surface area (Å²) < 4.78 is 0. The molecule has 0 atom stereocenters. The fourth-order valence-corrected chi connectivity index (χ4v) is 4.35. The van der Waals surface area contributed by atoms with E-state index in [0.29, 0.717) is 18.4 Å². The Labute approximate surface area is 130 Å². The number of carbonyl (C=O) groups is 1. The minimum Gasteiger partial charge on any atom is -0.343 e. The first-order valence-corrected chi connectivity index (χ1v) is 9.53. The van der Waals surface area contributed by atoms with Crippen molar-refractivity contribution < 1.29 is 4.79 Å². The molecule has 4 heteroatoms. The number of nitrogens with zero attached hydrogens (tertiary/aromatic N) is 1. The molecule has 0 aromatic heterocycles. The molecule has 1 amide bonds. The monoisotopic (exact) mass is 309 g/mol. The van der Waals surface area contributed by atoms with Gasteiger partial charge < -0.3 is 4.90 Å². The number of amides is 1. The zero-order valence-corrected chi connectivity index (χ0v) is 13.7. The molecular formula is C16H23NOS2. The van der Waals surface area contributed by atoms with Crippen LogP contribution in [0.1, 0.15) is 24.8 Å². The highest BCUT2D eigenvalue weighted by molar-refractivity contribution is 7.99. The summed E-state index contributed by atoms with van der Waals surface area (Å²) in [6.07, 6.45) is 2.98. The van der Waals surface area contributed by atoms with Crippen LogP contribution in [-0.4, -0.2) is 41.2 Å². The van der Waals surface area contributed by atoms with Gasteiger partial charge in [-0.2, -0.15) is 23.5 Å². The maximum atomic E-state index is 12.2. The smallest absolute Gasteiger partial charge is 0.223 e. The van der Waals surface area contributed by atoms with Gasteiger partial charge in [-0.15, -0.1) is 0 Å². The van der Waals surface area contributed by atoms with Crippen molar-refractivity contribution in [3.8, 4) is 0 Å². The molecule has 1 aromatic carbocycles. The third-order valence-corrected chi connectivity index (χ3v) is 5.78. The van der Waals surface area contributed by atoms with Gasteiger partial charge in [0.2, 0.25) is 5.91 Å². The van der Waals surface area contributed by atoms with Crippen molar-refractivity contribution >= 4 is 29.4 Å². The Bertz CT molecular complexity index is 404. The topological polar surface area (TPSA) is 20.3 Å². The van der Waals surface area contributed by atoms with E-state index in [2.05, 4.69) is 24.3 Å². The van der Waals surface area contributed by atoms with Crippen LogP contribution in [-0.2, 0) is 10.5 Å². The average molecular weight is 310 g/mol. The van der Waals surface area contributed by atoms with Gasteiger partial charge in [-0.05, 0) is 29.9 Å². The van der Waals surface area contributed by atoms with E-state index in [4.69, 9.17) is 0 Å². The lowest BCUT2D eigenvalue weighted by Gasteiger charge is -2.31. The molecule has 1 heterocycles. The predicted molar refractivity (Wildman–Crippen MR) is 90.3 cm³/mol. The van der Waals surface area contributed by atoms with Gasteiger partial charge in [0.05, 0.1) is 0 Å². The second-order valence-corrected chi connectivity index (χ2v) is 7.47. The van der Waals surface area contributed by atoms with Crippen LogP contribution >= 0.6 is 23.5 Å². The molecule has 110 valence electrons. The molecule has 1 saturated heterocycles. The van der Waals surface area contributed by atoms with Crippen LogP contribution in [0.2, 0.25) is 0 Å². The van der Waals surface area contributed by atoms with Crippen molar-refractivity contribution in [2.24, 2.45) is 0 Å². The number of rotatable bonds is 6. The van der Waals surface area contributed by atoms with Gasteiger partial charge in [0, 0.05) is 31.0 Å². The van der Waals surface area contributed by atoms with E-state index in [-0.39, 0.29) is 0 Å². The van der Waals surface area contributed by atoms with E-state index in [0.717, 1.165) is 24.3 Å². The van der Waals surface area contributed by atoms with Gasteiger partial charge in [-0.25, -0.2) is 0 Å². The second-order valence-electron chi connectivity index (χ2n) is 5.14. The summed E-state index contributed by atoms with van der Waals surface area (Å²) in [5.41, 5.74) is 1.34. The quantitative estimate of drug-likeness (QED) is 0.748. The first-order chi connectivity index (χ1) is 9.77. The van der Waals surface area contributed by atoms with Crippen LogP contribution in [0.5, 0.6) is 0 Å². The Morgan fingerprint density at radius 3 is 2.70 bits per heavy atom. The Hall–Kier alpha value is -0.610. The van der Waals surface area contributed by atoms with Crippen molar-refractivity contribution in [1.82, 2.24) is 4.90 Å². The number of thioether (sulfide) groups is 2. The number of hydrogen-bond donors (Lipinski definition) is 0. The van der Waals surface area contributed by atoms with E-state index >= 15 is 0 Å². The van der Waals surface area contributed by atoms with Crippen LogP contribution in [0, 0.1) is 0 Å². The molecule has 1 aliphatic heterocycles. The predicted octanol–water partition coefficient (Wildman–Crippen LogP) is 3.66. The van der Waals surface area contributed by atoms with Gasteiger partial charge in [0.25, 0.3) is 0 Å². The van der Waals surface area contributed by atoms with Crippen LogP contribution < -0.4 is 0 Å². The molecule has 1 fully saturated rings. The third kappa shape index (κ3) is 5.06. The highest BCUT2D eigenvalue weighted by Gasteiger charge is 2.21. The Kier molecular flexibility index (Phi) is 6.80. The van der Waals surface area contributed by atoms with E-state index in [1.165, 1.54) is 17.1 Å². The molecule has 0 aliphatic carbocycles. The van der Waals surface area contributed by atoms with Crippen LogP contribution in [0.3, 0.4) is 0 Å². The lowest BCUT2D eigenvalue weighted by atomic mass is 10.1. The fourth-order valence-electron chi connectivity index (χ4n) is 2.38. The van der Waals surface area contributed by atoms with Gasteiger partial charge in [-0.1, -0.05) is 30.3 Å². The molecule has 20 heavy (non-hydrogen) atoms. The molecule has 0 spiro atoms. The molecule has 0 saturated carbocycles. The van der Waals surface area contributed by atoms with Crippen molar-refractivity contribution in [2.45, 2.75) is 31.1 Å². The lowest BCUT2D eigenvalue weighted by molar-refractivity contribution is -0.131. The van der Waals surface area contributed by atoms with Crippen molar-refractivity contribution in [3.05, 3.63) is 35.9 Å². The summed E-state index contributed by atoms with van der Waals surface area (Å²) in [7, 11) is 1.98. The zero-order chi connectivity index (χ0) is 14.2. The third-order valence-electron chi connectivity index (χ3n) is 3.70. The largest absolute Gasteiger partial charge is 0.343 e. The molecule has 0 N–H and O–H groups in total. The first kappa shape index (κ1) is 15.8. The summed E-state index contributed by atoms with van der Waals surface area (Å²) in [5, 5.41) is 0. The lowest BCUT2D eigenvalue weighted by Crippen LogP contribution is -2.39. The highest BCUT2D eigenvalue weighted by atomic mass is 32.2. The van der Waals surface area contributed by atoms with Gasteiger partial charge in [0.15, 0.2) is 0 Å². The van der Waals surface area contributed by atoms with E-state index < -0.39 is 0 Å². The first-order valence-electron chi connectivity index (χ1n) is 7.22. The maximum Gasteiger partial charge on any atom is 0.223 e. The van der Waals surface area contributed by atoms with Gasteiger partial charge in [-0.3, -0.25) is 4.79 Å². The van der Waals surface area contributed by atoms with Crippen LogP contribution in [0.15, 0.2) is 30.3 Å². The number of carbonyl (C=O) groups excluding carboxylic acids is 1. The molecule has 0 bridgehead atoms. The molecule has 1 aliphatic rings. The van der Waals surface area contributed by atoms with Crippen LogP contribution in [0.4, 0.5) is 0 Å². The molecule has 0 radical (unpaired) electrons. The van der Waals surface area contributed by atoms with Gasteiger partial charge >= 0.3 is 0 Å². The maximum absolute atomic E-state index is 12.2. The Morgan fingerprint density at radius 2 is 2.00 bits per heavy atom.